The van der Waals surface area contributed by atoms with Crippen molar-refractivity contribution in [2.24, 2.45) is 0 Å². The fourth-order valence-corrected chi connectivity index (χ4v) is 9.30. The van der Waals surface area contributed by atoms with Crippen LogP contribution < -0.4 is 0 Å². The molecule has 0 bridgehead atoms. The van der Waals surface area contributed by atoms with Gasteiger partial charge >= 0.3 is 0 Å². The minimum atomic E-state index is -0.0846. The van der Waals surface area contributed by atoms with Crippen LogP contribution in [0.15, 0.2) is 194 Å². The zero-order chi connectivity index (χ0) is 36.7. The Bertz CT molecular complexity index is 3160. The molecule has 0 heteroatoms. The van der Waals surface area contributed by atoms with E-state index in [-0.39, 0.29) is 5.41 Å². The molecular weight excluding hydrogens is 661 g/mol. The first-order valence-electron chi connectivity index (χ1n) is 19.3. The molecule has 0 unspecified atom stereocenters. The van der Waals surface area contributed by atoms with Gasteiger partial charge in [0.05, 0.1) is 0 Å². The maximum atomic E-state index is 2.43. The number of hydrogen-bond donors (Lipinski definition) is 0. The van der Waals surface area contributed by atoms with Crippen LogP contribution in [0.1, 0.15) is 25.0 Å². The Hall–Kier alpha value is -6.76. The molecule has 0 aromatic heterocycles. The molecule has 0 aliphatic heterocycles. The van der Waals surface area contributed by atoms with Crippen LogP contribution in [-0.2, 0) is 5.41 Å². The maximum absolute atomic E-state index is 2.43. The first-order valence-corrected chi connectivity index (χ1v) is 19.3. The molecule has 10 aromatic rings. The van der Waals surface area contributed by atoms with Gasteiger partial charge in [-0.3, -0.25) is 0 Å². The first kappa shape index (κ1) is 31.7. The van der Waals surface area contributed by atoms with Crippen LogP contribution in [0.4, 0.5) is 0 Å². The zero-order valence-corrected chi connectivity index (χ0v) is 31.0. The predicted octanol–water partition coefficient (Wildman–Crippen LogP) is 15.3. The summed E-state index contributed by atoms with van der Waals surface area (Å²) in [5, 5.41) is 10.2. The van der Waals surface area contributed by atoms with Crippen LogP contribution in [0.3, 0.4) is 0 Å². The van der Waals surface area contributed by atoms with E-state index in [2.05, 4.69) is 208 Å². The monoisotopic (exact) mass is 698 g/mol. The van der Waals surface area contributed by atoms with Crippen LogP contribution in [-0.4, -0.2) is 0 Å². The summed E-state index contributed by atoms with van der Waals surface area (Å²) in [4.78, 5) is 0. The van der Waals surface area contributed by atoms with Gasteiger partial charge in [0.1, 0.15) is 0 Å². The first-order chi connectivity index (χ1) is 27.0. The Balaban J connectivity index is 0.942. The van der Waals surface area contributed by atoms with E-state index < -0.39 is 0 Å². The van der Waals surface area contributed by atoms with E-state index in [1.165, 1.54) is 110 Å². The Kier molecular flexibility index (Phi) is 7.00. The Morgan fingerprint density at radius 1 is 0.255 bits per heavy atom. The van der Waals surface area contributed by atoms with Gasteiger partial charge in [0.2, 0.25) is 0 Å². The standard InChI is InChI=1S/C55H38/c1-55(2)53-32-42(35-11-4-3-5-12-35)24-27-49(53)50-28-25-43(33-54(50)55)41-22-21-39-29-38(19-20-40(39)30-41)37-14-10-15-44(31-37)51-34-52-45-16-7-6-13-36(45)23-26-48(52)46-17-8-9-18-47(46)51/h3-34H,1-2H3. The zero-order valence-electron chi connectivity index (χ0n) is 31.0. The molecule has 0 saturated heterocycles. The lowest BCUT2D eigenvalue weighted by molar-refractivity contribution is 0.661. The molecule has 0 amide bonds. The van der Waals surface area contributed by atoms with Crippen molar-refractivity contribution >= 4 is 43.1 Å². The number of rotatable bonds is 4. The molecule has 1 aliphatic carbocycles. The third-order valence-corrected chi connectivity index (χ3v) is 12.2. The quantitative estimate of drug-likeness (QED) is 0.161. The maximum Gasteiger partial charge on any atom is 0.0159 e. The van der Waals surface area contributed by atoms with Crippen LogP contribution >= 0.6 is 0 Å². The second kappa shape index (κ2) is 12.1. The van der Waals surface area contributed by atoms with Crippen molar-refractivity contribution in [1.82, 2.24) is 0 Å². The summed E-state index contributed by atoms with van der Waals surface area (Å²) in [6.07, 6.45) is 0. The lowest BCUT2D eigenvalue weighted by Crippen LogP contribution is -2.15. The molecule has 0 heterocycles. The Morgan fingerprint density at radius 2 is 0.745 bits per heavy atom. The highest BCUT2D eigenvalue weighted by Crippen LogP contribution is 2.51. The van der Waals surface area contributed by atoms with E-state index in [1.807, 2.05) is 0 Å². The van der Waals surface area contributed by atoms with E-state index in [4.69, 9.17) is 0 Å². The largest absolute Gasteiger partial charge is 0.0622 e. The average Bonchev–Trinajstić information content (AvgIpc) is 3.47. The van der Waals surface area contributed by atoms with Crippen molar-refractivity contribution in [2.45, 2.75) is 19.3 Å². The predicted molar refractivity (Wildman–Crippen MR) is 236 cm³/mol. The molecular formula is C55H38. The van der Waals surface area contributed by atoms with Gasteiger partial charge in [-0.15, -0.1) is 0 Å². The van der Waals surface area contributed by atoms with Crippen LogP contribution in [0, 0.1) is 0 Å². The number of fused-ring (bicyclic) bond motifs is 9. The highest BCUT2D eigenvalue weighted by molar-refractivity contribution is 6.21. The normalized spacial score (nSPS) is 13.1. The minimum Gasteiger partial charge on any atom is -0.0622 e. The number of benzene rings is 10. The highest BCUT2D eigenvalue weighted by Gasteiger charge is 2.35. The molecule has 0 fully saturated rings. The second-order valence-electron chi connectivity index (χ2n) is 15.7. The lowest BCUT2D eigenvalue weighted by atomic mass is 9.81. The van der Waals surface area contributed by atoms with Crippen molar-refractivity contribution in [3.63, 3.8) is 0 Å². The molecule has 0 nitrogen and oxygen atoms in total. The van der Waals surface area contributed by atoms with Gasteiger partial charge in [-0.1, -0.05) is 172 Å². The smallest absolute Gasteiger partial charge is 0.0159 e. The minimum absolute atomic E-state index is 0.0846. The second-order valence-corrected chi connectivity index (χ2v) is 15.7. The van der Waals surface area contributed by atoms with Gasteiger partial charge in [0.25, 0.3) is 0 Å². The summed E-state index contributed by atoms with van der Waals surface area (Å²) in [6.45, 7) is 4.75. The molecule has 0 saturated carbocycles. The molecule has 10 aromatic carbocycles. The van der Waals surface area contributed by atoms with E-state index in [0.29, 0.717) is 0 Å². The molecule has 55 heavy (non-hydrogen) atoms. The fraction of sp³-hybridized carbons (Fsp3) is 0.0545. The Morgan fingerprint density at radius 3 is 1.45 bits per heavy atom. The van der Waals surface area contributed by atoms with Crippen molar-refractivity contribution in [1.29, 1.82) is 0 Å². The van der Waals surface area contributed by atoms with Crippen molar-refractivity contribution in [2.75, 3.05) is 0 Å². The summed E-state index contributed by atoms with van der Waals surface area (Å²) < 4.78 is 0. The van der Waals surface area contributed by atoms with E-state index in [1.54, 1.807) is 0 Å². The fourth-order valence-electron chi connectivity index (χ4n) is 9.30. The summed E-state index contributed by atoms with van der Waals surface area (Å²) in [6, 6.07) is 72.2. The van der Waals surface area contributed by atoms with Crippen molar-refractivity contribution < 1.29 is 0 Å². The molecule has 0 atom stereocenters. The number of hydrogen-bond acceptors (Lipinski definition) is 0. The molecule has 0 spiro atoms. The van der Waals surface area contributed by atoms with E-state index in [9.17, 15) is 0 Å². The topological polar surface area (TPSA) is 0 Å². The van der Waals surface area contributed by atoms with Gasteiger partial charge in [-0.05, 0) is 146 Å². The van der Waals surface area contributed by atoms with Gasteiger partial charge in [-0.2, -0.15) is 0 Å². The molecule has 0 N–H and O–H groups in total. The molecule has 258 valence electrons. The molecule has 11 rings (SSSR count). The Labute approximate surface area is 322 Å². The molecule has 1 aliphatic rings. The van der Waals surface area contributed by atoms with Gasteiger partial charge in [-0.25, -0.2) is 0 Å². The van der Waals surface area contributed by atoms with E-state index >= 15 is 0 Å². The van der Waals surface area contributed by atoms with Crippen LogP contribution in [0.25, 0.3) is 98.7 Å². The summed E-state index contributed by atoms with van der Waals surface area (Å²) >= 11 is 0. The van der Waals surface area contributed by atoms with E-state index in [0.717, 1.165) is 0 Å². The van der Waals surface area contributed by atoms with Crippen molar-refractivity contribution in [3.8, 4) is 55.6 Å². The summed E-state index contributed by atoms with van der Waals surface area (Å²) in [5.74, 6) is 0. The van der Waals surface area contributed by atoms with Gasteiger partial charge < -0.3 is 0 Å². The summed E-state index contributed by atoms with van der Waals surface area (Å²) in [5.41, 5.74) is 15.4. The van der Waals surface area contributed by atoms with Gasteiger partial charge in [0, 0.05) is 5.41 Å². The van der Waals surface area contributed by atoms with Crippen LogP contribution in [0.2, 0.25) is 0 Å². The lowest BCUT2D eigenvalue weighted by Gasteiger charge is -2.22. The van der Waals surface area contributed by atoms with Crippen molar-refractivity contribution in [3.05, 3.63) is 205 Å². The third-order valence-electron chi connectivity index (χ3n) is 12.2. The highest BCUT2D eigenvalue weighted by atomic mass is 14.4. The van der Waals surface area contributed by atoms with Crippen LogP contribution in [0.5, 0.6) is 0 Å². The molecule has 0 radical (unpaired) electrons. The SMILES string of the molecule is CC1(C)c2cc(-c3ccccc3)ccc2-c2ccc(-c3ccc4cc(-c5cccc(-c6cc7c8ccccc8ccc7c7ccccc67)c5)ccc4c3)cc21. The summed E-state index contributed by atoms with van der Waals surface area (Å²) in [7, 11) is 0. The average molecular weight is 699 g/mol. The van der Waals surface area contributed by atoms with Gasteiger partial charge in [0.15, 0.2) is 0 Å². The third kappa shape index (κ3) is 5.06.